The molecule has 112 valence electrons. The minimum atomic E-state index is -5.63. The first-order valence-electron chi connectivity index (χ1n) is 4.91. The first-order valence-corrected chi connectivity index (χ1v) is 4.91. The SMILES string of the molecule is C=C(C)C(=O)OCC(C)(O)C(F)(F)C(O)C(F)(F)F. The Kier molecular flexibility index (Phi) is 5.07. The van der Waals surface area contributed by atoms with Crippen molar-refractivity contribution >= 4 is 5.97 Å². The molecule has 0 saturated carbocycles. The van der Waals surface area contributed by atoms with E-state index in [0.29, 0.717) is 6.92 Å². The lowest BCUT2D eigenvalue weighted by molar-refractivity contribution is -0.315. The van der Waals surface area contributed by atoms with Crippen molar-refractivity contribution in [2.45, 2.75) is 37.7 Å². The van der Waals surface area contributed by atoms with Gasteiger partial charge in [0.25, 0.3) is 0 Å². The van der Waals surface area contributed by atoms with Gasteiger partial charge in [0.2, 0.25) is 6.10 Å². The molecule has 0 aliphatic carbocycles. The molecule has 0 fully saturated rings. The molecule has 0 aromatic carbocycles. The summed E-state index contributed by atoms with van der Waals surface area (Å²) in [7, 11) is 0. The molecule has 19 heavy (non-hydrogen) atoms. The van der Waals surface area contributed by atoms with Crippen LogP contribution in [0.1, 0.15) is 13.8 Å². The molecular weight excluding hydrogens is 279 g/mol. The van der Waals surface area contributed by atoms with Crippen LogP contribution >= 0.6 is 0 Å². The largest absolute Gasteiger partial charge is 0.459 e. The molecule has 9 heteroatoms. The summed E-state index contributed by atoms with van der Waals surface area (Å²) in [6.45, 7) is 3.18. The second-order valence-electron chi connectivity index (χ2n) is 4.20. The van der Waals surface area contributed by atoms with E-state index in [0.717, 1.165) is 0 Å². The normalized spacial score (nSPS) is 17.5. The molecule has 0 radical (unpaired) electrons. The highest BCUT2D eigenvalue weighted by Gasteiger charge is 2.64. The van der Waals surface area contributed by atoms with Crippen LogP contribution in [0.4, 0.5) is 22.0 Å². The smallest absolute Gasteiger partial charge is 0.420 e. The predicted octanol–water partition coefficient (Wildman–Crippen LogP) is 1.42. The number of ether oxygens (including phenoxy) is 1. The van der Waals surface area contributed by atoms with Crippen LogP contribution in [0.2, 0.25) is 0 Å². The Hall–Kier alpha value is -1.22. The van der Waals surface area contributed by atoms with Crippen LogP contribution in [0.3, 0.4) is 0 Å². The van der Waals surface area contributed by atoms with Crippen molar-refractivity contribution in [3.05, 3.63) is 12.2 Å². The lowest BCUT2D eigenvalue weighted by atomic mass is 9.94. The van der Waals surface area contributed by atoms with E-state index in [1.165, 1.54) is 6.92 Å². The number of rotatable bonds is 5. The Bertz CT molecular complexity index is 361. The average Bonchev–Trinajstić information content (AvgIpc) is 2.22. The topological polar surface area (TPSA) is 66.8 Å². The number of carbonyl (C=O) groups is 1. The van der Waals surface area contributed by atoms with Crippen molar-refractivity contribution in [1.82, 2.24) is 0 Å². The standard InChI is InChI=1S/C10H13F5O4/c1-5(2)6(16)19-4-8(3,18)9(11,12)7(17)10(13,14)15/h7,17-18H,1,4H2,2-3H3. The molecule has 0 aliphatic heterocycles. The van der Waals surface area contributed by atoms with Crippen LogP contribution in [0, 0.1) is 0 Å². The van der Waals surface area contributed by atoms with Crippen molar-refractivity contribution in [1.29, 1.82) is 0 Å². The fourth-order valence-corrected chi connectivity index (χ4v) is 0.926. The van der Waals surface area contributed by atoms with Gasteiger partial charge in [-0.1, -0.05) is 6.58 Å². The van der Waals surface area contributed by atoms with Crippen LogP contribution in [-0.4, -0.2) is 46.6 Å². The van der Waals surface area contributed by atoms with Crippen LogP contribution < -0.4 is 0 Å². The van der Waals surface area contributed by atoms with Gasteiger partial charge in [-0.2, -0.15) is 22.0 Å². The third-order valence-corrected chi connectivity index (χ3v) is 2.20. The summed E-state index contributed by atoms with van der Waals surface area (Å²) in [5, 5.41) is 17.8. The van der Waals surface area contributed by atoms with E-state index in [2.05, 4.69) is 11.3 Å². The fraction of sp³-hybridized carbons (Fsp3) is 0.700. The van der Waals surface area contributed by atoms with E-state index in [9.17, 15) is 31.9 Å². The van der Waals surface area contributed by atoms with Gasteiger partial charge in [0, 0.05) is 5.57 Å². The molecule has 0 saturated heterocycles. The molecule has 2 unspecified atom stereocenters. The molecular formula is C10H13F5O4. The van der Waals surface area contributed by atoms with Gasteiger partial charge in [0.1, 0.15) is 6.61 Å². The van der Waals surface area contributed by atoms with Gasteiger partial charge in [-0.3, -0.25) is 0 Å². The maximum absolute atomic E-state index is 13.3. The molecule has 2 N–H and O–H groups in total. The Morgan fingerprint density at radius 3 is 2.05 bits per heavy atom. The van der Waals surface area contributed by atoms with Crippen LogP contribution in [0.25, 0.3) is 0 Å². The van der Waals surface area contributed by atoms with E-state index in [1.54, 1.807) is 0 Å². The van der Waals surface area contributed by atoms with Crippen LogP contribution in [-0.2, 0) is 9.53 Å². The molecule has 0 rings (SSSR count). The van der Waals surface area contributed by atoms with E-state index < -0.39 is 36.4 Å². The molecule has 0 bridgehead atoms. The van der Waals surface area contributed by atoms with E-state index in [1.807, 2.05) is 0 Å². The average molecular weight is 292 g/mol. The highest BCUT2D eigenvalue weighted by atomic mass is 19.4. The maximum atomic E-state index is 13.3. The number of hydrogen-bond acceptors (Lipinski definition) is 4. The van der Waals surface area contributed by atoms with Crippen molar-refractivity contribution in [2.75, 3.05) is 6.61 Å². The molecule has 0 aromatic heterocycles. The summed E-state index contributed by atoms with van der Waals surface area (Å²) in [4.78, 5) is 10.9. The summed E-state index contributed by atoms with van der Waals surface area (Å²) in [5.41, 5.74) is -3.58. The first-order chi connectivity index (χ1) is 8.23. The highest BCUT2D eigenvalue weighted by molar-refractivity contribution is 5.86. The third kappa shape index (κ3) is 4.13. The number of esters is 1. The second-order valence-corrected chi connectivity index (χ2v) is 4.20. The van der Waals surface area contributed by atoms with Gasteiger partial charge < -0.3 is 14.9 Å². The molecule has 0 aromatic rings. The number of hydrogen-bond donors (Lipinski definition) is 2. The fourth-order valence-electron chi connectivity index (χ4n) is 0.926. The highest BCUT2D eigenvalue weighted by Crippen LogP contribution is 2.39. The van der Waals surface area contributed by atoms with Gasteiger partial charge >= 0.3 is 18.1 Å². The number of aliphatic hydroxyl groups excluding tert-OH is 1. The number of aliphatic hydroxyl groups is 2. The van der Waals surface area contributed by atoms with Crippen molar-refractivity contribution in [3.8, 4) is 0 Å². The van der Waals surface area contributed by atoms with E-state index in [-0.39, 0.29) is 5.57 Å². The molecule has 4 nitrogen and oxygen atoms in total. The number of alkyl halides is 5. The Morgan fingerprint density at radius 2 is 1.74 bits per heavy atom. The van der Waals surface area contributed by atoms with Crippen LogP contribution in [0.5, 0.6) is 0 Å². The quantitative estimate of drug-likeness (QED) is 0.457. The van der Waals surface area contributed by atoms with Gasteiger partial charge in [-0.15, -0.1) is 0 Å². The zero-order chi connectivity index (χ0) is 15.6. The number of halogens is 5. The summed E-state index contributed by atoms with van der Waals surface area (Å²) in [6.07, 6.45) is -9.72. The Morgan fingerprint density at radius 1 is 1.32 bits per heavy atom. The summed E-state index contributed by atoms with van der Waals surface area (Å²) >= 11 is 0. The summed E-state index contributed by atoms with van der Waals surface area (Å²) in [6, 6.07) is 0. The number of carbonyl (C=O) groups excluding carboxylic acids is 1. The third-order valence-electron chi connectivity index (χ3n) is 2.20. The minimum absolute atomic E-state index is 0.185. The van der Waals surface area contributed by atoms with Gasteiger partial charge in [-0.25, -0.2) is 4.79 Å². The van der Waals surface area contributed by atoms with Crippen LogP contribution in [0.15, 0.2) is 12.2 Å². The molecule has 0 spiro atoms. The Labute approximate surface area is 105 Å². The Balaban J connectivity index is 4.97. The lowest BCUT2D eigenvalue weighted by Crippen LogP contribution is -2.60. The monoisotopic (exact) mass is 292 g/mol. The van der Waals surface area contributed by atoms with Gasteiger partial charge in [0.15, 0.2) is 5.60 Å². The van der Waals surface area contributed by atoms with E-state index >= 15 is 0 Å². The second kappa shape index (κ2) is 5.41. The zero-order valence-electron chi connectivity index (χ0n) is 10.1. The molecule has 0 heterocycles. The predicted molar refractivity (Wildman–Crippen MR) is 53.4 cm³/mol. The van der Waals surface area contributed by atoms with Crippen molar-refractivity contribution in [2.24, 2.45) is 0 Å². The maximum Gasteiger partial charge on any atom is 0.420 e. The summed E-state index contributed by atoms with van der Waals surface area (Å²) < 4.78 is 66.9. The van der Waals surface area contributed by atoms with Crippen molar-refractivity contribution in [3.63, 3.8) is 0 Å². The van der Waals surface area contributed by atoms with E-state index in [4.69, 9.17) is 5.11 Å². The molecule has 2 atom stereocenters. The minimum Gasteiger partial charge on any atom is -0.459 e. The summed E-state index contributed by atoms with van der Waals surface area (Å²) in [5.74, 6) is -6.11. The zero-order valence-corrected chi connectivity index (χ0v) is 10.1. The van der Waals surface area contributed by atoms with Gasteiger partial charge in [-0.05, 0) is 13.8 Å². The molecule has 0 aliphatic rings. The first kappa shape index (κ1) is 17.8. The van der Waals surface area contributed by atoms with Crippen molar-refractivity contribution < 1.29 is 41.7 Å². The molecule has 0 amide bonds. The lowest BCUT2D eigenvalue weighted by Gasteiger charge is -2.35. The van der Waals surface area contributed by atoms with Gasteiger partial charge in [0.05, 0.1) is 0 Å².